The van der Waals surface area contributed by atoms with E-state index in [0.29, 0.717) is 12.0 Å². The largest absolute Gasteiger partial charge is 0.391 e. The lowest BCUT2D eigenvalue weighted by Gasteiger charge is -2.22. The molecule has 0 heterocycles. The van der Waals surface area contributed by atoms with Gasteiger partial charge in [-0.15, -0.1) is 0 Å². The lowest BCUT2D eigenvalue weighted by molar-refractivity contribution is 0.0868. The first-order valence-electron chi connectivity index (χ1n) is 7.42. The molecule has 0 aliphatic carbocycles. The van der Waals surface area contributed by atoms with Crippen LogP contribution in [0.15, 0.2) is 29.2 Å². The first-order valence-corrected chi connectivity index (χ1v) is 8.86. The molecule has 6 nitrogen and oxygen atoms in total. The van der Waals surface area contributed by atoms with Crippen LogP contribution in [0.4, 0.5) is 0 Å². The highest BCUT2D eigenvalue weighted by atomic mass is 32.2. The second kappa shape index (κ2) is 7.42. The lowest BCUT2D eigenvalue weighted by Crippen LogP contribution is -2.34. The van der Waals surface area contributed by atoms with Crippen LogP contribution in [0, 0.1) is 5.41 Å². The maximum Gasteiger partial charge on any atom is 0.251 e. The molecule has 0 aliphatic heterocycles. The molecule has 1 amide bonds. The van der Waals surface area contributed by atoms with Crippen LogP contribution in [-0.4, -0.2) is 50.5 Å². The van der Waals surface area contributed by atoms with E-state index in [1.807, 2.05) is 20.8 Å². The fourth-order valence-corrected chi connectivity index (χ4v) is 2.98. The van der Waals surface area contributed by atoms with Crippen LogP contribution in [0.2, 0.25) is 0 Å². The van der Waals surface area contributed by atoms with Gasteiger partial charge in [0.1, 0.15) is 0 Å². The van der Waals surface area contributed by atoms with E-state index in [1.165, 1.54) is 38.4 Å². The number of carbonyl (C=O) groups excluding carboxylic acids is 1. The predicted molar refractivity (Wildman–Crippen MR) is 89.7 cm³/mol. The summed E-state index contributed by atoms with van der Waals surface area (Å²) in [7, 11) is -0.602. The third-order valence-electron chi connectivity index (χ3n) is 3.24. The van der Waals surface area contributed by atoms with Crippen LogP contribution in [0.1, 0.15) is 37.6 Å². The van der Waals surface area contributed by atoms with Crippen LogP contribution in [0.25, 0.3) is 0 Å². The van der Waals surface area contributed by atoms with Crippen molar-refractivity contribution in [1.82, 2.24) is 9.62 Å². The molecule has 0 aliphatic rings. The van der Waals surface area contributed by atoms with Crippen molar-refractivity contribution in [2.45, 2.75) is 38.2 Å². The van der Waals surface area contributed by atoms with Crippen molar-refractivity contribution < 1.29 is 18.3 Å². The summed E-state index contributed by atoms with van der Waals surface area (Å²) >= 11 is 0. The zero-order valence-electron chi connectivity index (χ0n) is 14.3. The van der Waals surface area contributed by atoms with Crippen molar-refractivity contribution in [2.24, 2.45) is 5.41 Å². The molecule has 2 N–H and O–H groups in total. The van der Waals surface area contributed by atoms with Gasteiger partial charge < -0.3 is 10.4 Å². The molecule has 130 valence electrons. The van der Waals surface area contributed by atoms with Crippen molar-refractivity contribution in [1.29, 1.82) is 0 Å². The van der Waals surface area contributed by atoms with Gasteiger partial charge in [0.15, 0.2) is 0 Å². The molecule has 0 saturated heterocycles. The van der Waals surface area contributed by atoms with Crippen molar-refractivity contribution in [3.05, 3.63) is 29.8 Å². The Hall–Kier alpha value is -1.44. The average molecular weight is 342 g/mol. The normalized spacial score (nSPS) is 13.9. The summed E-state index contributed by atoms with van der Waals surface area (Å²) in [5, 5.41) is 12.5. The van der Waals surface area contributed by atoms with Crippen LogP contribution >= 0.6 is 0 Å². The maximum absolute atomic E-state index is 12.0. The minimum Gasteiger partial charge on any atom is -0.391 e. The van der Waals surface area contributed by atoms with Gasteiger partial charge in [-0.3, -0.25) is 4.79 Å². The molecule has 23 heavy (non-hydrogen) atoms. The molecular formula is C16H26N2O4S. The second-order valence-electron chi connectivity index (χ2n) is 6.94. The Bertz CT molecular complexity index is 631. The zero-order valence-corrected chi connectivity index (χ0v) is 15.1. The number of amides is 1. The summed E-state index contributed by atoms with van der Waals surface area (Å²) in [5.41, 5.74) is 0.331. The standard InChI is InChI=1S/C16H26N2O4S/c1-16(2,3)10-13(19)11-17-15(20)12-6-8-14(9-7-12)23(21,22)18(4)5/h6-9,13,19H,10-11H2,1-5H3,(H,17,20). The Kier molecular flexibility index (Phi) is 6.33. The van der Waals surface area contributed by atoms with E-state index in [1.54, 1.807) is 0 Å². The summed E-state index contributed by atoms with van der Waals surface area (Å²) in [6, 6.07) is 5.72. The highest BCUT2D eigenvalue weighted by Gasteiger charge is 2.19. The molecule has 1 rings (SSSR count). The highest BCUT2D eigenvalue weighted by molar-refractivity contribution is 7.89. The van der Waals surface area contributed by atoms with Crippen LogP contribution in [0.5, 0.6) is 0 Å². The Morgan fingerprint density at radius 1 is 1.22 bits per heavy atom. The Morgan fingerprint density at radius 3 is 2.17 bits per heavy atom. The van der Waals surface area contributed by atoms with Gasteiger partial charge >= 0.3 is 0 Å². The van der Waals surface area contributed by atoms with Crippen molar-refractivity contribution in [3.8, 4) is 0 Å². The quantitative estimate of drug-likeness (QED) is 0.819. The smallest absolute Gasteiger partial charge is 0.251 e. The van der Waals surface area contributed by atoms with Crippen molar-refractivity contribution in [2.75, 3.05) is 20.6 Å². The topological polar surface area (TPSA) is 86.7 Å². The monoisotopic (exact) mass is 342 g/mol. The number of nitrogens with zero attached hydrogens (tertiary/aromatic N) is 1. The number of sulfonamides is 1. The SMILES string of the molecule is CN(C)S(=O)(=O)c1ccc(C(=O)NCC(O)CC(C)(C)C)cc1. The van der Waals surface area contributed by atoms with Crippen molar-refractivity contribution >= 4 is 15.9 Å². The molecule has 0 bridgehead atoms. The average Bonchev–Trinajstić information content (AvgIpc) is 2.43. The van der Waals surface area contributed by atoms with Gasteiger partial charge in [-0.2, -0.15) is 0 Å². The van der Waals surface area contributed by atoms with Gasteiger partial charge in [-0.1, -0.05) is 20.8 Å². The molecule has 0 aromatic heterocycles. The fraction of sp³-hybridized carbons (Fsp3) is 0.562. The second-order valence-corrected chi connectivity index (χ2v) is 9.09. The minimum absolute atomic E-state index is 0.0215. The molecule has 1 aromatic rings. The summed E-state index contributed by atoms with van der Waals surface area (Å²) in [5.74, 6) is -0.341. The van der Waals surface area contributed by atoms with Gasteiger partial charge in [0.25, 0.3) is 5.91 Å². The van der Waals surface area contributed by atoms with Crippen LogP contribution in [0.3, 0.4) is 0 Å². The fourth-order valence-electron chi connectivity index (χ4n) is 2.08. The molecule has 1 aromatic carbocycles. The number of aliphatic hydroxyl groups is 1. The summed E-state index contributed by atoms with van der Waals surface area (Å²) in [6.07, 6.45) is -0.0415. The molecule has 0 fully saturated rings. The first-order chi connectivity index (χ1) is 10.4. The molecular weight excluding hydrogens is 316 g/mol. The van der Waals surface area contributed by atoms with E-state index < -0.39 is 16.1 Å². The van der Waals surface area contributed by atoms with Crippen LogP contribution < -0.4 is 5.32 Å². The number of aliphatic hydroxyl groups excluding tert-OH is 1. The first kappa shape index (κ1) is 19.6. The zero-order chi connectivity index (χ0) is 17.8. The molecule has 0 radical (unpaired) electrons. The van der Waals surface area contributed by atoms with E-state index in [-0.39, 0.29) is 22.8 Å². The summed E-state index contributed by atoms with van der Waals surface area (Å²) in [4.78, 5) is 12.2. The van der Waals surface area contributed by atoms with E-state index >= 15 is 0 Å². The van der Waals surface area contributed by atoms with Gasteiger partial charge in [-0.05, 0) is 36.1 Å². The number of rotatable bonds is 6. The highest BCUT2D eigenvalue weighted by Crippen LogP contribution is 2.20. The molecule has 0 spiro atoms. The molecule has 0 saturated carbocycles. The van der Waals surface area contributed by atoms with E-state index in [2.05, 4.69) is 5.32 Å². The van der Waals surface area contributed by atoms with Gasteiger partial charge in [-0.25, -0.2) is 12.7 Å². The van der Waals surface area contributed by atoms with E-state index in [4.69, 9.17) is 0 Å². The Labute approximate surface area is 138 Å². The predicted octanol–water partition coefficient (Wildman–Crippen LogP) is 1.46. The van der Waals surface area contributed by atoms with Crippen molar-refractivity contribution in [3.63, 3.8) is 0 Å². The number of carbonyl (C=O) groups is 1. The molecule has 7 heteroatoms. The Morgan fingerprint density at radius 2 is 1.74 bits per heavy atom. The summed E-state index contributed by atoms with van der Waals surface area (Å²) in [6.45, 7) is 6.21. The summed E-state index contributed by atoms with van der Waals surface area (Å²) < 4.78 is 25.0. The van der Waals surface area contributed by atoms with Gasteiger partial charge in [0.05, 0.1) is 11.0 Å². The van der Waals surface area contributed by atoms with Gasteiger partial charge in [0, 0.05) is 26.2 Å². The third-order valence-corrected chi connectivity index (χ3v) is 5.07. The van der Waals surface area contributed by atoms with Crippen LogP contribution in [-0.2, 0) is 10.0 Å². The van der Waals surface area contributed by atoms with E-state index in [0.717, 1.165) is 4.31 Å². The lowest BCUT2D eigenvalue weighted by atomic mass is 9.89. The number of nitrogens with one attached hydrogen (secondary N) is 1. The number of hydrogen-bond donors (Lipinski definition) is 2. The van der Waals surface area contributed by atoms with E-state index in [9.17, 15) is 18.3 Å². The third kappa shape index (κ3) is 5.93. The Balaban J connectivity index is 2.69. The molecule has 1 unspecified atom stereocenters. The minimum atomic E-state index is -3.50. The maximum atomic E-state index is 12.0. The number of benzene rings is 1. The van der Waals surface area contributed by atoms with Gasteiger partial charge in [0.2, 0.25) is 10.0 Å². The molecule has 1 atom stereocenters. The number of hydrogen-bond acceptors (Lipinski definition) is 4.